The number of amides is 1. The Labute approximate surface area is 121 Å². The van der Waals surface area contributed by atoms with Crippen molar-refractivity contribution in [3.05, 3.63) is 23.9 Å². The Morgan fingerprint density at radius 1 is 1.33 bits per heavy atom. The van der Waals surface area contributed by atoms with Crippen molar-refractivity contribution in [1.29, 1.82) is 0 Å². The number of benzene rings is 1. The maximum Gasteiger partial charge on any atom is 0.275 e. The number of aromatic amines is 1. The van der Waals surface area contributed by atoms with Crippen LogP contribution in [0.15, 0.2) is 18.2 Å². The van der Waals surface area contributed by atoms with Crippen LogP contribution in [-0.2, 0) is 0 Å². The SMILES string of the molecule is Nc1ccc2[nH]nc(C(=O)N3C4CCC3CC(O)C4)c2c1. The van der Waals surface area contributed by atoms with Crippen molar-refractivity contribution in [2.75, 3.05) is 5.73 Å². The van der Waals surface area contributed by atoms with Gasteiger partial charge < -0.3 is 15.7 Å². The molecule has 3 heterocycles. The molecule has 2 aromatic rings. The number of hydrogen-bond acceptors (Lipinski definition) is 4. The number of aliphatic hydroxyl groups excluding tert-OH is 1. The number of nitrogens with zero attached hydrogens (tertiary/aromatic N) is 2. The van der Waals surface area contributed by atoms with Crippen molar-refractivity contribution >= 4 is 22.5 Å². The molecule has 2 aliphatic rings. The number of anilines is 1. The molecule has 1 amide bonds. The van der Waals surface area contributed by atoms with Crippen LogP contribution in [0.3, 0.4) is 0 Å². The number of fused-ring (bicyclic) bond motifs is 3. The number of nitrogen functional groups attached to an aromatic ring is 1. The van der Waals surface area contributed by atoms with Gasteiger partial charge in [-0.15, -0.1) is 0 Å². The number of rotatable bonds is 1. The number of nitrogens with two attached hydrogens (primary N) is 1. The summed E-state index contributed by atoms with van der Waals surface area (Å²) in [5, 5.41) is 17.7. The van der Waals surface area contributed by atoms with Crippen LogP contribution >= 0.6 is 0 Å². The molecule has 0 radical (unpaired) electrons. The third-order valence-electron chi connectivity index (χ3n) is 4.73. The number of nitrogens with one attached hydrogen (secondary N) is 1. The standard InChI is InChI=1S/C15H18N4O2/c16-8-1-4-13-12(5-8)14(18-17-13)15(21)19-9-2-3-10(19)7-11(20)6-9/h1,4-5,9-11,20H,2-3,6-7,16H2,(H,17,18). The molecule has 110 valence electrons. The van der Waals surface area contributed by atoms with Gasteiger partial charge in [0.25, 0.3) is 5.91 Å². The first kappa shape index (κ1) is 12.6. The van der Waals surface area contributed by atoms with Gasteiger partial charge in [0.15, 0.2) is 5.69 Å². The van der Waals surface area contributed by atoms with E-state index >= 15 is 0 Å². The quantitative estimate of drug-likeness (QED) is 0.688. The van der Waals surface area contributed by atoms with E-state index in [1.165, 1.54) is 0 Å². The first-order valence-electron chi connectivity index (χ1n) is 7.38. The van der Waals surface area contributed by atoms with Gasteiger partial charge in [0.05, 0.1) is 11.6 Å². The Balaban J connectivity index is 1.72. The molecule has 1 aromatic heterocycles. The molecule has 2 bridgehead atoms. The Morgan fingerprint density at radius 2 is 2.05 bits per heavy atom. The zero-order valence-corrected chi connectivity index (χ0v) is 11.6. The van der Waals surface area contributed by atoms with Gasteiger partial charge in [0.2, 0.25) is 0 Å². The van der Waals surface area contributed by atoms with Gasteiger partial charge in [-0.1, -0.05) is 0 Å². The van der Waals surface area contributed by atoms with Gasteiger partial charge in [-0.05, 0) is 43.9 Å². The summed E-state index contributed by atoms with van der Waals surface area (Å²) in [5.74, 6) is -0.0498. The molecule has 0 aliphatic carbocycles. The smallest absolute Gasteiger partial charge is 0.275 e. The fourth-order valence-electron chi connectivity index (χ4n) is 3.80. The predicted molar refractivity (Wildman–Crippen MR) is 78.7 cm³/mol. The van der Waals surface area contributed by atoms with E-state index in [2.05, 4.69) is 10.2 Å². The summed E-state index contributed by atoms with van der Waals surface area (Å²) < 4.78 is 0. The molecule has 1 aromatic carbocycles. The van der Waals surface area contributed by atoms with Gasteiger partial charge in [-0.25, -0.2) is 0 Å². The van der Waals surface area contributed by atoms with Crippen LogP contribution in [0.4, 0.5) is 5.69 Å². The molecule has 2 aliphatic heterocycles. The fraction of sp³-hybridized carbons (Fsp3) is 0.467. The third-order valence-corrected chi connectivity index (χ3v) is 4.73. The Kier molecular flexibility index (Phi) is 2.68. The summed E-state index contributed by atoms with van der Waals surface area (Å²) in [6.07, 6.45) is 3.01. The van der Waals surface area contributed by atoms with E-state index in [-0.39, 0.29) is 24.1 Å². The molecular formula is C15H18N4O2. The number of hydrogen-bond donors (Lipinski definition) is 3. The second-order valence-electron chi connectivity index (χ2n) is 6.10. The lowest BCUT2D eigenvalue weighted by Gasteiger charge is -2.36. The molecule has 2 saturated heterocycles. The zero-order valence-electron chi connectivity index (χ0n) is 11.6. The van der Waals surface area contributed by atoms with Crippen molar-refractivity contribution < 1.29 is 9.90 Å². The molecule has 4 rings (SSSR count). The van der Waals surface area contributed by atoms with E-state index in [1.807, 2.05) is 11.0 Å². The summed E-state index contributed by atoms with van der Waals surface area (Å²) in [6.45, 7) is 0. The minimum atomic E-state index is -0.280. The van der Waals surface area contributed by atoms with Gasteiger partial charge in [0.1, 0.15) is 0 Å². The second kappa shape index (κ2) is 4.46. The highest BCUT2D eigenvalue weighted by Crippen LogP contribution is 2.37. The Hall–Kier alpha value is -2.08. The number of aliphatic hydroxyl groups is 1. The van der Waals surface area contributed by atoms with E-state index < -0.39 is 0 Å². The Morgan fingerprint density at radius 3 is 2.76 bits per heavy atom. The molecule has 0 saturated carbocycles. The molecule has 6 nitrogen and oxygen atoms in total. The van der Waals surface area contributed by atoms with E-state index in [0.717, 1.165) is 23.7 Å². The van der Waals surface area contributed by atoms with Crippen LogP contribution in [-0.4, -0.2) is 44.3 Å². The maximum atomic E-state index is 12.9. The normalized spacial score (nSPS) is 28.2. The summed E-state index contributed by atoms with van der Waals surface area (Å²) in [6, 6.07) is 5.68. The number of H-pyrrole nitrogens is 1. The zero-order chi connectivity index (χ0) is 14.6. The molecule has 0 spiro atoms. The lowest BCUT2D eigenvalue weighted by molar-refractivity contribution is 0.0284. The lowest BCUT2D eigenvalue weighted by atomic mass is 9.99. The van der Waals surface area contributed by atoms with Gasteiger partial charge >= 0.3 is 0 Å². The number of carbonyl (C=O) groups is 1. The van der Waals surface area contributed by atoms with Gasteiger partial charge in [-0.3, -0.25) is 9.89 Å². The van der Waals surface area contributed by atoms with Crippen LogP contribution in [0.2, 0.25) is 0 Å². The minimum absolute atomic E-state index is 0.0498. The first-order chi connectivity index (χ1) is 10.1. The van der Waals surface area contributed by atoms with Crippen molar-refractivity contribution in [1.82, 2.24) is 15.1 Å². The largest absolute Gasteiger partial charge is 0.399 e. The number of piperidine rings is 1. The molecule has 4 N–H and O–H groups in total. The molecule has 6 heteroatoms. The minimum Gasteiger partial charge on any atom is -0.399 e. The fourth-order valence-corrected chi connectivity index (χ4v) is 3.80. The average molecular weight is 286 g/mol. The van der Waals surface area contributed by atoms with Crippen molar-refractivity contribution in [2.24, 2.45) is 0 Å². The van der Waals surface area contributed by atoms with Crippen molar-refractivity contribution in [3.8, 4) is 0 Å². The molecule has 2 fully saturated rings. The predicted octanol–water partition coefficient (Wildman–Crippen LogP) is 1.27. The molecule has 21 heavy (non-hydrogen) atoms. The van der Waals surface area contributed by atoms with E-state index in [4.69, 9.17) is 5.73 Å². The first-order valence-corrected chi connectivity index (χ1v) is 7.38. The van der Waals surface area contributed by atoms with Crippen LogP contribution in [0, 0.1) is 0 Å². The van der Waals surface area contributed by atoms with Crippen LogP contribution in [0.1, 0.15) is 36.2 Å². The molecule has 2 unspecified atom stereocenters. The Bertz CT molecular complexity index is 697. The number of carbonyl (C=O) groups excluding carboxylic acids is 1. The van der Waals surface area contributed by atoms with Gasteiger partial charge in [0, 0.05) is 23.2 Å². The summed E-state index contributed by atoms with van der Waals surface area (Å²) >= 11 is 0. The second-order valence-corrected chi connectivity index (χ2v) is 6.10. The van der Waals surface area contributed by atoms with Crippen LogP contribution in [0.25, 0.3) is 10.9 Å². The van der Waals surface area contributed by atoms with E-state index in [0.29, 0.717) is 24.2 Å². The summed E-state index contributed by atoms with van der Waals surface area (Å²) in [4.78, 5) is 14.8. The topological polar surface area (TPSA) is 95.2 Å². The lowest BCUT2D eigenvalue weighted by Crippen LogP contribution is -2.48. The summed E-state index contributed by atoms with van der Waals surface area (Å²) in [7, 11) is 0. The monoisotopic (exact) mass is 286 g/mol. The average Bonchev–Trinajstić information content (AvgIpc) is 2.97. The maximum absolute atomic E-state index is 12.9. The molecule has 2 atom stereocenters. The molecular weight excluding hydrogens is 268 g/mol. The third kappa shape index (κ3) is 1.90. The van der Waals surface area contributed by atoms with Gasteiger partial charge in [-0.2, -0.15) is 5.10 Å². The number of aromatic nitrogens is 2. The van der Waals surface area contributed by atoms with Crippen molar-refractivity contribution in [3.63, 3.8) is 0 Å². The highest BCUT2D eigenvalue weighted by molar-refractivity contribution is 6.05. The van der Waals surface area contributed by atoms with Crippen LogP contribution in [0.5, 0.6) is 0 Å². The highest BCUT2D eigenvalue weighted by Gasteiger charge is 2.43. The van der Waals surface area contributed by atoms with E-state index in [9.17, 15) is 9.90 Å². The van der Waals surface area contributed by atoms with Crippen LogP contribution < -0.4 is 5.73 Å². The highest BCUT2D eigenvalue weighted by atomic mass is 16.3. The van der Waals surface area contributed by atoms with E-state index in [1.54, 1.807) is 12.1 Å². The van der Waals surface area contributed by atoms with Crippen molar-refractivity contribution in [2.45, 2.75) is 43.9 Å². The summed E-state index contributed by atoms with van der Waals surface area (Å²) in [5.41, 5.74) is 7.69.